The van der Waals surface area contributed by atoms with E-state index in [2.05, 4.69) is 47.6 Å². The van der Waals surface area contributed by atoms with E-state index < -0.39 is 0 Å². The molecular formula is C18H17ClN2. The molecule has 0 amide bonds. The number of para-hydroxylation sites is 1. The Labute approximate surface area is 129 Å². The molecule has 2 aromatic carbocycles. The Kier molecular flexibility index (Phi) is 4.18. The van der Waals surface area contributed by atoms with Crippen molar-refractivity contribution in [1.82, 2.24) is 10.3 Å². The van der Waals surface area contributed by atoms with E-state index in [9.17, 15) is 0 Å². The van der Waals surface area contributed by atoms with Gasteiger partial charge in [-0.1, -0.05) is 54.1 Å². The lowest BCUT2D eigenvalue weighted by molar-refractivity contribution is 0.576. The number of fused-ring (bicyclic) bond motifs is 1. The summed E-state index contributed by atoms with van der Waals surface area (Å²) in [6.07, 6.45) is 1.84. The van der Waals surface area contributed by atoms with E-state index in [4.69, 9.17) is 11.6 Å². The summed E-state index contributed by atoms with van der Waals surface area (Å²) in [4.78, 5) is 4.48. The summed E-state index contributed by atoms with van der Waals surface area (Å²) >= 11 is 6.24. The highest BCUT2D eigenvalue weighted by Crippen LogP contribution is 2.23. The van der Waals surface area contributed by atoms with Crippen molar-refractivity contribution in [3.63, 3.8) is 0 Å². The van der Waals surface area contributed by atoms with Crippen LogP contribution in [0.15, 0.2) is 60.8 Å². The molecule has 0 aliphatic heterocycles. The number of halogens is 1. The Hall–Kier alpha value is -1.90. The van der Waals surface area contributed by atoms with Gasteiger partial charge in [-0.05, 0) is 30.2 Å². The number of nitrogens with one attached hydrogen (secondary N) is 1. The van der Waals surface area contributed by atoms with Gasteiger partial charge in [0.1, 0.15) is 0 Å². The van der Waals surface area contributed by atoms with Gasteiger partial charge in [0.05, 0.1) is 5.52 Å². The zero-order valence-corrected chi connectivity index (χ0v) is 12.6. The second-order valence-corrected chi connectivity index (χ2v) is 5.52. The minimum Gasteiger partial charge on any atom is -0.306 e. The fourth-order valence-corrected chi connectivity index (χ4v) is 2.81. The molecule has 2 nitrogen and oxygen atoms in total. The second kappa shape index (κ2) is 6.25. The minimum absolute atomic E-state index is 0.192. The summed E-state index contributed by atoms with van der Waals surface area (Å²) in [6.45, 7) is 2.89. The molecule has 1 aromatic heterocycles. The number of hydrogen-bond acceptors (Lipinski definition) is 2. The van der Waals surface area contributed by atoms with Crippen LogP contribution in [0.1, 0.15) is 24.1 Å². The average Bonchev–Trinajstić information content (AvgIpc) is 2.53. The highest BCUT2D eigenvalue weighted by atomic mass is 35.5. The Morgan fingerprint density at radius 3 is 2.71 bits per heavy atom. The van der Waals surface area contributed by atoms with E-state index >= 15 is 0 Å². The Morgan fingerprint density at radius 2 is 1.86 bits per heavy atom. The Morgan fingerprint density at radius 1 is 1.05 bits per heavy atom. The number of benzene rings is 2. The molecule has 3 rings (SSSR count). The van der Waals surface area contributed by atoms with Gasteiger partial charge in [-0.2, -0.15) is 0 Å². The van der Waals surface area contributed by atoms with Crippen molar-refractivity contribution in [3.8, 4) is 0 Å². The molecular weight excluding hydrogens is 280 g/mol. The summed E-state index contributed by atoms with van der Waals surface area (Å²) in [7, 11) is 0. The van der Waals surface area contributed by atoms with Crippen LogP contribution in [0.2, 0.25) is 5.02 Å². The van der Waals surface area contributed by atoms with Gasteiger partial charge in [0.15, 0.2) is 0 Å². The van der Waals surface area contributed by atoms with Crippen molar-refractivity contribution in [2.24, 2.45) is 0 Å². The molecule has 3 heteroatoms. The predicted octanol–water partition coefficient (Wildman–Crippen LogP) is 4.74. The largest absolute Gasteiger partial charge is 0.306 e. The fourth-order valence-electron chi connectivity index (χ4n) is 2.51. The first kappa shape index (κ1) is 14.1. The van der Waals surface area contributed by atoms with Gasteiger partial charge in [0, 0.05) is 29.2 Å². The molecule has 106 valence electrons. The first-order valence-corrected chi connectivity index (χ1v) is 7.44. The smallest absolute Gasteiger partial charge is 0.0746 e. The number of nitrogens with zero attached hydrogens (tertiary/aromatic N) is 1. The summed E-state index contributed by atoms with van der Waals surface area (Å²) in [5.74, 6) is 0. The predicted molar refractivity (Wildman–Crippen MR) is 88.4 cm³/mol. The highest BCUT2D eigenvalue weighted by Gasteiger charge is 2.09. The maximum Gasteiger partial charge on any atom is 0.0746 e. The van der Waals surface area contributed by atoms with Crippen molar-refractivity contribution < 1.29 is 0 Å². The van der Waals surface area contributed by atoms with Gasteiger partial charge < -0.3 is 5.32 Å². The lowest BCUT2D eigenvalue weighted by Gasteiger charge is -2.16. The van der Waals surface area contributed by atoms with Crippen LogP contribution in [-0.4, -0.2) is 4.98 Å². The molecule has 3 aromatic rings. The molecule has 0 saturated carbocycles. The standard InChI is InChI=1S/C18H17ClN2/c1-13(16-9-2-3-10-17(16)19)21-12-15-7-4-6-14-8-5-11-20-18(14)15/h2-11,13,21H,12H2,1H3. The van der Waals surface area contributed by atoms with Gasteiger partial charge in [-0.25, -0.2) is 0 Å². The molecule has 0 saturated heterocycles. The zero-order valence-electron chi connectivity index (χ0n) is 11.9. The van der Waals surface area contributed by atoms with Gasteiger partial charge in [-0.15, -0.1) is 0 Å². The van der Waals surface area contributed by atoms with Crippen LogP contribution in [0.4, 0.5) is 0 Å². The van der Waals surface area contributed by atoms with Crippen LogP contribution in [0.5, 0.6) is 0 Å². The third kappa shape index (κ3) is 3.07. The highest BCUT2D eigenvalue weighted by molar-refractivity contribution is 6.31. The second-order valence-electron chi connectivity index (χ2n) is 5.12. The van der Waals surface area contributed by atoms with E-state index in [1.165, 1.54) is 10.9 Å². The first-order valence-electron chi connectivity index (χ1n) is 7.06. The topological polar surface area (TPSA) is 24.9 Å². The minimum atomic E-state index is 0.192. The maximum atomic E-state index is 6.24. The molecule has 0 aliphatic carbocycles. The lowest BCUT2D eigenvalue weighted by Crippen LogP contribution is -2.18. The molecule has 0 bridgehead atoms. The van der Waals surface area contributed by atoms with E-state index in [0.29, 0.717) is 0 Å². The lowest BCUT2D eigenvalue weighted by atomic mass is 10.1. The quantitative estimate of drug-likeness (QED) is 0.752. The molecule has 21 heavy (non-hydrogen) atoms. The molecule has 0 radical (unpaired) electrons. The van der Waals surface area contributed by atoms with E-state index in [1.807, 2.05) is 30.5 Å². The first-order chi connectivity index (χ1) is 10.3. The summed E-state index contributed by atoms with van der Waals surface area (Å²) in [5, 5.41) is 5.49. The number of aromatic nitrogens is 1. The van der Waals surface area contributed by atoms with Gasteiger partial charge in [0.2, 0.25) is 0 Å². The zero-order chi connectivity index (χ0) is 14.7. The van der Waals surface area contributed by atoms with E-state index in [-0.39, 0.29) is 6.04 Å². The van der Waals surface area contributed by atoms with Gasteiger partial charge in [0.25, 0.3) is 0 Å². The maximum absolute atomic E-state index is 6.24. The molecule has 0 spiro atoms. The monoisotopic (exact) mass is 296 g/mol. The Balaban J connectivity index is 1.79. The molecule has 0 fully saturated rings. The molecule has 0 aliphatic rings. The molecule has 1 unspecified atom stereocenters. The van der Waals surface area contributed by atoms with Crippen molar-refractivity contribution in [1.29, 1.82) is 0 Å². The van der Waals surface area contributed by atoms with Crippen LogP contribution < -0.4 is 5.32 Å². The van der Waals surface area contributed by atoms with Crippen LogP contribution in [0, 0.1) is 0 Å². The number of hydrogen-bond donors (Lipinski definition) is 1. The van der Waals surface area contributed by atoms with Gasteiger partial charge >= 0.3 is 0 Å². The van der Waals surface area contributed by atoms with E-state index in [1.54, 1.807) is 0 Å². The summed E-state index contributed by atoms with van der Waals surface area (Å²) < 4.78 is 0. The van der Waals surface area contributed by atoms with Crippen LogP contribution in [-0.2, 0) is 6.54 Å². The van der Waals surface area contributed by atoms with Crippen LogP contribution >= 0.6 is 11.6 Å². The Bertz CT molecular complexity index is 750. The fraction of sp³-hybridized carbons (Fsp3) is 0.167. The van der Waals surface area contributed by atoms with Crippen LogP contribution in [0.3, 0.4) is 0 Å². The molecule has 1 heterocycles. The summed E-state index contributed by atoms with van der Waals surface area (Å²) in [6, 6.07) is 18.5. The van der Waals surface area contributed by atoms with Crippen LogP contribution in [0.25, 0.3) is 10.9 Å². The summed E-state index contributed by atoms with van der Waals surface area (Å²) in [5.41, 5.74) is 3.37. The third-order valence-corrected chi connectivity index (χ3v) is 4.03. The molecule has 1 atom stereocenters. The average molecular weight is 297 g/mol. The molecule has 1 N–H and O–H groups in total. The third-order valence-electron chi connectivity index (χ3n) is 3.69. The van der Waals surface area contributed by atoms with Crippen molar-refractivity contribution in [3.05, 3.63) is 76.9 Å². The SMILES string of the molecule is CC(NCc1cccc2cccnc12)c1ccccc1Cl. The van der Waals surface area contributed by atoms with E-state index in [0.717, 1.165) is 22.6 Å². The van der Waals surface area contributed by atoms with Gasteiger partial charge in [-0.3, -0.25) is 4.98 Å². The number of rotatable bonds is 4. The van der Waals surface area contributed by atoms with Crippen molar-refractivity contribution >= 4 is 22.5 Å². The van der Waals surface area contributed by atoms with Crippen molar-refractivity contribution in [2.45, 2.75) is 19.5 Å². The normalized spacial score (nSPS) is 12.5. The number of pyridine rings is 1. The van der Waals surface area contributed by atoms with Crippen molar-refractivity contribution in [2.75, 3.05) is 0 Å².